The predicted molar refractivity (Wildman–Crippen MR) is 82.6 cm³/mol. The van der Waals surface area contributed by atoms with Crippen LogP contribution in [0.4, 0.5) is 0 Å². The van der Waals surface area contributed by atoms with E-state index in [1.165, 1.54) is 25.7 Å². The third-order valence-electron chi connectivity index (χ3n) is 4.41. The van der Waals surface area contributed by atoms with Gasteiger partial charge in [0.2, 0.25) is 0 Å². The van der Waals surface area contributed by atoms with Gasteiger partial charge in [0.05, 0.1) is 19.2 Å². The average Bonchev–Trinajstić information content (AvgIpc) is 3.10. The largest absolute Gasteiger partial charge is 0.504 e. The van der Waals surface area contributed by atoms with Crippen molar-refractivity contribution in [2.75, 3.05) is 13.2 Å². The Labute approximate surface area is 125 Å². The van der Waals surface area contributed by atoms with Crippen LogP contribution < -0.4 is 10.5 Å². The van der Waals surface area contributed by atoms with Crippen molar-refractivity contribution in [1.82, 2.24) is 4.90 Å². The minimum absolute atomic E-state index is 0.160. The summed E-state index contributed by atoms with van der Waals surface area (Å²) in [6.07, 6.45) is 4.90. The van der Waals surface area contributed by atoms with Crippen molar-refractivity contribution in [2.24, 2.45) is 10.7 Å². The molecule has 1 aliphatic carbocycles. The van der Waals surface area contributed by atoms with Crippen LogP contribution in [0.2, 0.25) is 0 Å². The smallest absolute Gasteiger partial charge is 0.192 e. The maximum atomic E-state index is 9.85. The molecule has 0 spiro atoms. The molecule has 1 saturated carbocycles. The van der Waals surface area contributed by atoms with Crippen LogP contribution in [0.3, 0.4) is 0 Å². The first-order valence-corrected chi connectivity index (χ1v) is 7.74. The number of hydrogen-bond donors (Lipinski definition) is 2. The topological polar surface area (TPSA) is 71.1 Å². The molecule has 0 bridgehead atoms. The second-order valence-electron chi connectivity index (χ2n) is 5.72. The molecule has 1 heterocycles. The molecule has 1 atom stereocenters. The number of ether oxygens (including phenoxy) is 1. The normalized spacial score (nSPS) is 22.6. The minimum Gasteiger partial charge on any atom is -0.504 e. The molecule has 3 rings (SSSR count). The predicted octanol–water partition coefficient (Wildman–Crippen LogP) is 2.40. The number of phenols is 1. The molecule has 5 heteroatoms. The molecule has 1 aromatic rings. The minimum atomic E-state index is 0.160. The molecule has 1 unspecified atom stereocenters. The fraction of sp³-hybridized carbons (Fsp3) is 0.562. The molecule has 1 aromatic carbocycles. The van der Waals surface area contributed by atoms with E-state index in [1.54, 1.807) is 6.07 Å². The summed E-state index contributed by atoms with van der Waals surface area (Å²) in [7, 11) is 0. The fourth-order valence-corrected chi connectivity index (χ4v) is 3.41. The van der Waals surface area contributed by atoms with E-state index in [-0.39, 0.29) is 11.8 Å². The Balaban J connectivity index is 1.86. The summed E-state index contributed by atoms with van der Waals surface area (Å²) in [5, 5.41) is 9.85. The maximum absolute atomic E-state index is 9.85. The van der Waals surface area contributed by atoms with Crippen molar-refractivity contribution in [3.05, 3.63) is 23.8 Å². The standard InChI is InChI=1S/C16H23N3O2/c1-2-21-15-9-11(7-8-14(15)20)13-10-18-16(17)19(13)12-5-3-4-6-12/h7-9,12-13,20H,2-6,10H2,1H3,(H2,17,18). The zero-order valence-corrected chi connectivity index (χ0v) is 12.5. The number of rotatable bonds is 4. The second kappa shape index (κ2) is 5.84. The molecule has 2 aliphatic rings. The van der Waals surface area contributed by atoms with Crippen LogP contribution in [-0.4, -0.2) is 35.2 Å². The summed E-state index contributed by atoms with van der Waals surface area (Å²) < 4.78 is 5.49. The molecule has 0 amide bonds. The Hall–Kier alpha value is -1.91. The Morgan fingerprint density at radius 2 is 2.14 bits per heavy atom. The van der Waals surface area contributed by atoms with E-state index in [2.05, 4.69) is 9.89 Å². The van der Waals surface area contributed by atoms with Crippen molar-refractivity contribution < 1.29 is 9.84 Å². The quantitative estimate of drug-likeness (QED) is 0.893. The summed E-state index contributed by atoms with van der Waals surface area (Å²) in [4.78, 5) is 6.69. The van der Waals surface area contributed by atoms with Gasteiger partial charge in [-0.25, -0.2) is 0 Å². The molecule has 1 fully saturated rings. The third-order valence-corrected chi connectivity index (χ3v) is 4.41. The highest BCUT2D eigenvalue weighted by Gasteiger charge is 2.34. The summed E-state index contributed by atoms with van der Waals surface area (Å²) >= 11 is 0. The first kappa shape index (κ1) is 14.0. The van der Waals surface area contributed by atoms with Gasteiger partial charge in [-0.2, -0.15) is 0 Å². The van der Waals surface area contributed by atoms with Crippen molar-refractivity contribution in [3.8, 4) is 11.5 Å². The Kier molecular flexibility index (Phi) is 3.90. The lowest BCUT2D eigenvalue weighted by atomic mass is 10.0. The number of nitrogens with two attached hydrogens (primary N) is 1. The van der Waals surface area contributed by atoms with E-state index in [0.717, 1.165) is 5.56 Å². The molecule has 3 N–H and O–H groups in total. The molecular formula is C16H23N3O2. The first-order valence-electron chi connectivity index (χ1n) is 7.74. The number of nitrogens with zero attached hydrogens (tertiary/aromatic N) is 2. The van der Waals surface area contributed by atoms with Gasteiger partial charge in [-0.05, 0) is 37.5 Å². The van der Waals surface area contributed by atoms with Gasteiger partial charge in [0, 0.05) is 6.04 Å². The SMILES string of the molecule is CCOc1cc(C2CN=C(N)N2C2CCCC2)ccc1O. The molecule has 0 saturated heterocycles. The lowest BCUT2D eigenvalue weighted by Crippen LogP contribution is -2.42. The van der Waals surface area contributed by atoms with Gasteiger partial charge in [-0.15, -0.1) is 0 Å². The van der Waals surface area contributed by atoms with E-state index < -0.39 is 0 Å². The van der Waals surface area contributed by atoms with Gasteiger partial charge >= 0.3 is 0 Å². The van der Waals surface area contributed by atoms with Crippen LogP contribution in [0.15, 0.2) is 23.2 Å². The number of benzene rings is 1. The van der Waals surface area contributed by atoms with E-state index in [4.69, 9.17) is 10.5 Å². The number of guanidine groups is 1. The van der Waals surface area contributed by atoms with Gasteiger partial charge in [-0.1, -0.05) is 18.9 Å². The number of phenolic OH excluding ortho intramolecular Hbond substituents is 1. The first-order chi connectivity index (χ1) is 10.2. The molecular weight excluding hydrogens is 266 g/mol. The highest BCUT2D eigenvalue weighted by Crippen LogP contribution is 2.37. The van der Waals surface area contributed by atoms with Crippen molar-refractivity contribution in [2.45, 2.75) is 44.7 Å². The highest BCUT2D eigenvalue weighted by atomic mass is 16.5. The molecule has 114 valence electrons. The van der Waals surface area contributed by atoms with Gasteiger partial charge in [0.15, 0.2) is 17.5 Å². The molecule has 1 aliphatic heterocycles. The van der Waals surface area contributed by atoms with Gasteiger partial charge in [0.25, 0.3) is 0 Å². The highest BCUT2D eigenvalue weighted by molar-refractivity contribution is 5.81. The van der Waals surface area contributed by atoms with Crippen molar-refractivity contribution in [3.63, 3.8) is 0 Å². The average molecular weight is 289 g/mol. The van der Waals surface area contributed by atoms with Crippen LogP contribution in [0.1, 0.15) is 44.2 Å². The lowest BCUT2D eigenvalue weighted by molar-refractivity contribution is 0.260. The molecule has 5 nitrogen and oxygen atoms in total. The monoisotopic (exact) mass is 289 g/mol. The summed E-state index contributed by atoms with van der Waals surface area (Å²) in [5.41, 5.74) is 7.21. The summed E-state index contributed by atoms with van der Waals surface area (Å²) in [6.45, 7) is 3.12. The maximum Gasteiger partial charge on any atom is 0.192 e. The van der Waals surface area contributed by atoms with Crippen LogP contribution in [0.5, 0.6) is 11.5 Å². The van der Waals surface area contributed by atoms with Crippen LogP contribution >= 0.6 is 0 Å². The van der Waals surface area contributed by atoms with E-state index >= 15 is 0 Å². The number of aliphatic imine (C=N–C) groups is 1. The Morgan fingerprint density at radius 1 is 1.38 bits per heavy atom. The summed E-state index contributed by atoms with van der Waals surface area (Å²) in [6, 6.07) is 6.21. The van der Waals surface area contributed by atoms with Crippen LogP contribution in [-0.2, 0) is 0 Å². The van der Waals surface area contributed by atoms with Crippen LogP contribution in [0.25, 0.3) is 0 Å². The zero-order chi connectivity index (χ0) is 14.8. The van der Waals surface area contributed by atoms with Crippen LogP contribution in [0, 0.1) is 0 Å². The van der Waals surface area contributed by atoms with Crippen molar-refractivity contribution >= 4 is 5.96 Å². The molecule has 0 radical (unpaired) electrons. The third kappa shape index (κ3) is 2.64. The van der Waals surface area contributed by atoms with E-state index in [9.17, 15) is 5.11 Å². The van der Waals surface area contributed by atoms with Gasteiger partial charge in [0.1, 0.15) is 0 Å². The number of aromatic hydroxyl groups is 1. The van der Waals surface area contributed by atoms with Gasteiger partial charge in [-0.3, -0.25) is 4.99 Å². The summed E-state index contributed by atoms with van der Waals surface area (Å²) in [5.74, 6) is 1.37. The van der Waals surface area contributed by atoms with Gasteiger partial charge < -0.3 is 20.5 Å². The second-order valence-corrected chi connectivity index (χ2v) is 5.72. The fourth-order valence-electron chi connectivity index (χ4n) is 3.41. The Morgan fingerprint density at radius 3 is 2.86 bits per heavy atom. The van der Waals surface area contributed by atoms with E-state index in [0.29, 0.717) is 30.9 Å². The zero-order valence-electron chi connectivity index (χ0n) is 12.5. The Bertz CT molecular complexity index is 538. The molecule has 21 heavy (non-hydrogen) atoms. The molecule has 0 aromatic heterocycles. The number of hydrogen-bond acceptors (Lipinski definition) is 5. The van der Waals surface area contributed by atoms with Crippen molar-refractivity contribution in [1.29, 1.82) is 0 Å². The lowest BCUT2D eigenvalue weighted by Gasteiger charge is -2.32. The van der Waals surface area contributed by atoms with E-state index in [1.807, 2.05) is 19.1 Å².